The zero-order chi connectivity index (χ0) is 13.7. The number of nitrogens with one attached hydrogen (secondary N) is 1. The minimum Gasteiger partial charge on any atom is -0.307 e. The lowest BCUT2D eigenvalue weighted by Gasteiger charge is -2.33. The predicted molar refractivity (Wildman–Crippen MR) is 87.9 cm³/mol. The quantitative estimate of drug-likeness (QED) is 0.821. The van der Waals surface area contributed by atoms with Crippen LogP contribution in [0.3, 0.4) is 0 Å². The molecular weight excluding hydrogens is 320 g/mol. The molecule has 0 saturated carbocycles. The van der Waals surface area contributed by atoms with Crippen LogP contribution in [-0.2, 0) is 0 Å². The fourth-order valence-electron chi connectivity index (χ4n) is 2.70. The van der Waals surface area contributed by atoms with E-state index in [0.717, 1.165) is 0 Å². The first-order chi connectivity index (χ1) is 9.19. The maximum absolute atomic E-state index is 3.79. The maximum atomic E-state index is 3.79. The first kappa shape index (κ1) is 15.5. The SMILES string of the molecule is CCCCN1CCC(NC(C)c2ccc(Br)s2)CC1. The maximum Gasteiger partial charge on any atom is 0.0701 e. The van der Waals surface area contributed by atoms with Crippen molar-refractivity contribution < 1.29 is 0 Å². The van der Waals surface area contributed by atoms with E-state index in [0.29, 0.717) is 12.1 Å². The van der Waals surface area contributed by atoms with Crippen molar-refractivity contribution in [2.75, 3.05) is 19.6 Å². The average molecular weight is 345 g/mol. The van der Waals surface area contributed by atoms with E-state index >= 15 is 0 Å². The Morgan fingerprint density at radius 3 is 2.74 bits per heavy atom. The van der Waals surface area contributed by atoms with E-state index in [1.54, 1.807) is 0 Å². The molecule has 1 aliphatic heterocycles. The van der Waals surface area contributed by atoms with Gasteiger partial charge in [0.05, 0.1) is 3.79 Å². The molecule has 0 aliphatic carbocycles. The number of nitrogens with zero attached hydrogens (tertiary/aromatic N) is 1. The lowest BCUT2D eigenvalue weighted by molar-refractivity contribution is 0.190. The molecule has 4 heteroatoms. The summed E-state index contributed by atoms with van der Waals surface area (Å²) in [6.07, 6.45) is 5.24. The summed E-state index contributed by atoms with van der Waals surface area (Å²) < 4.78 is 1.23. The Kier molecular flexibility index (Phi) is 6.33. The molecule has 1 aliphatic rings. The van der Waals surface area contributed by atoms with Gasteiger partial charge < -0.3 is 10.2 Å². The van der Waals surface area contributed by atoms with Gasteiger partial charge in [-0.3, -0.25) is 0 Å². The molecule has 19 heavy (non-hydrogen) atoms. The number of hydrogen-bond donors (Lipinski definition) is 1. The van der Waals surface area contributed by atoms with E-state index < -0.39 is 0 Å². The third-order valence-corrected chi connectivity index (χ3v) is 5.73. The Morgan fingerprint density at radius 1 is 1.42 bits per heavy atom. The lowest BCUT2D eigenvalue weighted by atomic mass is 10.0. The van der Waals surface area contributed by atoms with Crippen LogP contribution < -0.4 is 5.32 Å². The summed E-state index contributed by atoms with van der Waals surface area (Å²) >= 11 is 5.38. The smallest absolute Gasteiger partial charge is 0.0701 e. The number of halogens is 1. The summed E-state index contributed by atoms with van der Waals surface area (Å²) in [5.41, 5.74) is 0. The van der Waals surface area contributed by atoms with Gasteiger partial charge in [-0.25, -0.2) is 0 Å². The van der Waals surface area contributed by atoms with Crippen LogP contribution in [0, 0.1) is 0 Å². The minimum atomic E-state index is 0.475. The standard InChI is InChI=1S/C15H25BrN2S/c1-3-4-9-18-10-7-13(8-11-18)17-12(2)14-5-6-15(16)19-14/h5-6,12-13,17H,3-4,7-11H2,1-2H3. The molecule has 0 amide bonds. The second-order valence-electron chi connectivity index (χ2n) is 5.50. The topological polar surface area (TPSA) is 15.3 Å². The highest BCUT2D eigenvalue weighted by atomic mass is 79.9. The molecule has 1 atom stereocenters. The highest BCUT2D eigenvalue weighted by molar-refractivity contribution is 9.11. The van der Waals surface area contributed by atoms with Gasteiger partial charge in [-0.2, -0.15) is 0 Å². The van der Waals surface area contributed by atoms with Crippen molar-refractivity contribution in [1.29, 1.82) is 0 Å². The minimum absolute atomic E-state index is 0.475. The monoisotopic (exact) mass is 344 g/mol. The van der Waals surface area contributed by atoms with Crippen LogP contribution in [0.4, 0.5) is 0 Å². The van der Waals surface area contributed by atoms with Gasteiger partial charge in [0, 0.05) is 17.0 Å². The van der Waals surface area contributed by atoms with Crippen LogP contribution in [-0.4, -0.2) is 30.6 Å². The van der Waals surface area contributed by atoms with Crippen molar-refractivity contribution in [2.24, 2.45) is 0 Å². The van der Waals surface area contributed by atoms with Crippen LogP contribution in [0.25, 0.3) is 0 Å². The van der Waals surface area contributed by atoms with Crippen molar-refractivity contribution in [1.82, 2.24) is 10.2 Å². The number of hydrogen-bond acceptors (Lipinski definition) is 3. The highest BCUT2D eigenvalue weighted by Crippen LogP contribution is 2.28. The molecule has 1 aromatic rings. The third-order valence-electron chi connectivity index (χ3n) is 3.92. The van der Waals surface area contributed by atoms with Gasteiger partial charge in [0.25, 0.3) is 0 Å². The predicted octanol–water partition coefficient (Wildman–Crippen LogP) is 4.43. The summed E-state index contributed by atoms with van der Waals surface area (Å²) in [5.74, 6) is 0. The normalized spacial score (nSPS) is 19.7. The largest absolute Gasteiger partial charge is 0.307 e. The average Bonchev–Trinajstić information content (AvgIpc) is 2.85. The molecule has 2 rings (SSSR count). The second-order valence-corrected chi connectivity index (χ2v) is 7.99. The van der Waals surface area contributed by atoms with Crippen molar-refractivity contribution in [3.63, 3.8) is 0 Å². The van der Waals surface area contributed by atoms with Crippen molar-refractivity contribution in [3.8, 4) is 0 Å². The number of piperidine rings is 1. The molecule has 1 saturated heterocycles. The van der Waals surface area contributed by atoms with Crippen molar-refractivity contribution >= 4 is 27.3 Å². The van der Waals surface area contributed by atoms with Crippen LogP contribution in [0.15, 0.2) is 15.9 Å². The van der Waals surface area contributed by atoms with E-state index in [9.17, 15) is 0 Å². The van der Waals surface area contributed by atoms with Gasteiger partial charge in [-0.05, 0) is 73.9 Å². The highest BCUT2D eigenvalue weighted by Gasteiger charge is 2.20. The van der Waals surface area contributed by atoms with Gasteiger partial charge in [0.15, 0.2) is 0 Å². The molecule has 1 N–H and O–H groups in total. The molecular formula is C15H25BrN2S. The van der Waals surface area contributed by atoms with Gasteiger partial charge in [-0.1, -0.05) is 13.3 Å². The fraction of sp³-hybridized carbons (Fsp3) is 0.733. The van der Waals surface area contributed by atoms with Crippen LogP contribution in [0.5, 0.6) is 0 Å². The van der Waals surface area contributed by atoms with Gasteiger partial charge in [0.2, 0.25) is 0 Å². The zero-order valence-electron chi connectivity index (χ0n) is 12.0. The second kappa shape index (κ2) is 7.77. The van der Waals surface area contributed by atoms with Crippen LogP contribution in [0.2, 0.25) is 0 Å². The molecule has 0 aromatic carbocycles. The lowest BCUT2D eigenvalue weighted by Crippen LogP contribution is -2.43. The Balaban J connectivity index is 1.73. The number of likely N-dealkylation sites (tertiary alicyclic amines) is 1. The van der Waals surface area contributed by atoms with E-state index in [1.165, 1.54) is 54.0 Å². The summed E-state index contributed by atoms with van der Waals surface area (Å²) in [7, 11) is 0. The molecule has 1 unspecified atom stereocenters. The first-order valence-corrected chi connectivity index (χ1v) is 9.03. The van der Waals surface area contributed by atoms with E-state index in [4.69, 9.17) is 0 Å². The molecule has 0 bridgehead atoms. The summed E-state index contributed by atoms with van der Waals surface area (Å²) in [6.45, 7) is 8.37. The molecule has 2 heterocycles. The Hall–Kier alpha value is 0.1000. The Bertz CT molecular complexity index is 372. The molecule has 1 fully saturated rings. The Labute approximate surface area is 129 Å². The van der Waals surface area contributed by atoms with Gasteiger partial charge >= 0.3 is 0 Å². The molecule has 108 valence electrons. The summed E-state index contributed by atoms with van der Waals surface area (Å²) in [6, 6.07) is 5.53. The van der Waals surface area contributed by atoms with Gasteiger partial charge in [0.1, 0.15) is 0 Å². The van der Waals surface area contributed by atoms with Crippen molar-refractivity contribution in [2.45, 2.75) is 51.6 Å². The summed E-state index contributed by atoms with van der Waals surface area (Å²) in [5, 5.41) is 3.79. The van der Waals surface area contributed by atoms with E-state index in [-0.39, 0.29) is 0 Å². The zero-order valence-corrected chi connectivity index (χ0v) is 14.4. The number of thiophene rings is 1. The third kappa shape index (κ3) is 4.85. The van der Waals surface area contributed by atoms with Crippen LogP contribution >= 0.6 is 27.3 Å². The number of unbranched alkanes of at least 4 members (excludes halogenated alkanes) is 1. The number of rotatable bonds is 6. The molecule has 0 radical (unpaired) electrons. The van der Waals surface area contributed by atoms with Crippen molar-refractivity contribution in [3.05, 3.63) is 20.8 Å². The van der Waals surface area contributed by atoms with Crippen LogP contribution in [0.1, 0.15) is 50.4 Å². The molecule has 2 nitrogen and oxygen atoms in total. The fourth-order valence-corrected chi connectivity index (χ4v) is 4.14. The first-order valence-electron chi connectivity index (χ1n) is 7.42. The molecule has 1 aromatic heterocycles. The van der Waals surface area contributed by atoms with E-state index in [2.05, 4.69) is 52.1 Å². The van der Waals surface area contributed by atoms with Gasteiger partial charge in [-0.15, -0.1) is 11.3 Å². The van der Waals surface area contributed by atoms with E-state index in [1.807, 2.05) is 11.3 Å². The summed E-state index contributed by atoms with van der Waals surface area (Å²) in [4.78, 5) is 4.05. The molecule has 0 spiro atoms. The Morgan fingerprint density at radius 2 is 2.16 bits per heavy atom.